The molecule has 0 nitrogen and oxygen atoms in total. The van der Waals surface area contributed by atoms with Crippen LogP contribution in [-0.4, -0.2) is 0 Å². The van der Waals surface area contributed by atoms with Crippen LogP contribution in [0.3, 0.4) is 0 Å². The van der Waals surface area contributed by atoms with Gasteiger partial charge >= 0.3 is 0 Å². The van der Waals surface area contributed by atoms with Crippen molar-refractivity contribution in [1.82, 2.24) is 0 Å². The van der Waals surface area contributed by atoms with Crippen LogP contribution in [0.4, 0.5) is 4.39 Å². The van der Waals surface area contributed by atoms with Crippen LogP contribution in [-0.2, 0) is 0 Å². The van der Waals surface area contributed by atoms with Gasteiger partial charge in [-0.25, -0.2) is 4.39 Å². The number of allylic oxidation sites excluding steroid dienone is 14. The van der Waals surface area contributed by atoms with Crippen LogP contribution in [0.15, 0.2) is 100 Å². The average Bonchev–Trinajstić information content (AvgIpc) is 3.15. The molecule has 0 amide bonds. The van der Waals surface area contributed by atoms with Crippen molar-refractivity contribution in [2.45, 2.75) is 78.1 Å². The first-order chi connectivity index (χ1) is 16.2. The molecule has 0 fully saturated rings. The zero-order chi connectivity index (χ0) is 23.0. The molecule has 1 aromatic carbocycles. The molecule has 0 unspecified atom stereocenters. The van der Waals surface area contributed by atoms with Gasteiger partial charge in [0.2, 0.25) is 0 Å². The van der Waals surface area contributed by atoms with Crippen LogP contribution in [0.25, 0.3) is 5.57 Å². The number of hydrogen-bond acceptors (Lipinski definition) is 0. The maximum absolute atomic E-state index is 13.5. The minimum atomic E-state index is -0.172. The van der Waals surface area contributed by atoms with E-state index in [0.717, 1.165) is 31.2 Å². The summed E-state index contributed by atoms with van der Waals surface area (Å²) in [4.78, 5) is 0. The monoisotopic (exact) mass is 440 g/mol. The van der Waals surface area contributed by atoms with Gasteiger partial charge in [-0.15, -0.1) is 0 Å². The van der Waals surface area contributed by atoms with Crippen molar-refractivity contribution >= 4 is 5.57 Å². The predicted molar refractivity (Wildman–Crippen MR) is 140 cm³/mol. The van der Waals surface area contributed by atoms with Crippen molar-refractivity contribution in [3.8, 4) is 0 Å². The summed E-state index contributed by atoms with van der Waals surface area (Å²) in [5, 5.41) is 0. The first kappa shape index (κ1) is 23.5. The first-order valence-electron chi connectivity index (χ1n) is 12.8. The largest absolute Gasteiger partial charge is 0.207 e. The Hall–Kier alpha value is -2.67. The van der Waals surface area contributed by atoms with Crippen molar-refractivity contribution in [2.24, 2.45) is 0 Å². The minimum Gasteiger partial charge on any atom is -0.207 e. The van der Waals surface area contributed by atoms with Crippen LogP contribution in [0, 0.1) is 5.82 Å². The van der Waals surface area contributed by atoms with Crippen molar-refractivity contribution in [3.05, 3.63) is 112 Å². The lowest BCUT2D eigenvalue weighted by Gasteiger charge is -2.24. The van der Waals surface area contributed by atoms with Crippen LogP contribution >= 0.6 is 0 Å². The van der Waals surface area contributed by atoms with E-state index in [1.807, 2.05) is 12.1 Å². The molecule has 1 aromatic rings. The Bertz CT molecular complexity index is 1060. The van der Waals surface area contributed by atoms with E-state index in [9.17, 15) is 4.39 Å². The standard InChI is InChI=1S/C32H37F/c1-3-4-5-6-8-13-26-14-9-7-10-15-30(26)31-16-11-12-24(2)29-22-19-27(23-32(29)31)25-17-20-28(33)21-18-25/h7,9-10,12,15-18,20-21,23H,3-6,8,11,13-14,19,22H2,1-2H3. The molecule has 33 heavy (non-hydrogen) atoms. The van der Waals surface area contributed by atoms with Gasteiger partial charge in [0.15, 0.2) is 0 Å². The zero-order valence-electron chi connectivity index (χ0n) is 20.3. The van der Waals surface area contributed by atoms with Crippen LogP contribution in [0.1, 0.15) is 83.6 Å². The molecule has 4 rings (SSSR count). The third-order valence-electron chi connectivity index (χ3n) is 7.14. The van der Waals surface area contributed by atoms with Gasteiger partial charge in [0, 0.05) is 0 Å². The summed E-state index contributed by atoms with van der Waals surface area (Å²) in [6.07, 6.45) is 28.0. The molecule has 0 atom stereocenters. The van der Waals surface area contributed by atoms with Gasteiger partial charge < -0.3 is 0 Å². The van der Waals surface area contributed by atoms with Crippen molar-refractivity contribution in [1.29, 1.82) is 0 Å². The number of rotatable bonds is 8. The minimum absolute atomic E-state index is 0.172. The molecule has 0 N–H and O–H groups in total. The van der Waals surface area contributed by atoms with Gasteiger partial charge in [0.1, 0.15) is 5.82 Å². The molecule has 0 aliphatic heterocycles. The summed E-state index contributed by atoms with van der Waals surface area (Å²) in [6.45, 7) is 4.54. The molecule has 0 saturated carbocycles. The molecule has 1 heteroatoms. The summed E-state index contributed by atoms with van der Waals surface area (Å²) in [7, 11) is 0. The molecule has 0 aromatic heterocycles. The summed E-state index contributed by atoms with van der Waals surface area (Å²) in [6, 6.07) is 7.00. The van der Waals surface area contributed by atoms with E-state index in [1.54, 1.807) is 17.7 Å². The SMILES string of the molecule is CCCCCCCC1=C(C2=CCC=C(C)C3=C2C=C(c2ccc(F)cc2)CC3)C=CC=CC1. The second-order valence-electron chi connectivity index (χ2n) is 9.48. The molecule has 0 heterocycles. The lowest BCUT2D eigenvalue weighted by molar-refractivity contribution is 0.627. The fraction of sp³-hybridized carbons (Fsp3) is 0.375. The molecule has 0 bridgehead atoms. The molecule has 3 aliphatic rings. The Morgan fingerprint density at radius 3 is 2.52 bits per heavy atom. The summed E-state index contributed by atoms with van der Waals surface area (Å²) in [5.41, 5.74) is 11.1. The number of benzene rings is 1. The Morgan fingerprint density at radius 2 is 1.70 bits per heavy atom. The third-order valence-corrected chi connectivity index (χ3v) is 7.14. The van der Waals surface area contributed by atoms with E-state index in [0.29, 0.717) is 0 Å². The predicted octanol–water partition coefficient (Wildman–Crippen LogP) is 9.75. The molecule has 3 aliphatic carbocycles. The highest BCUT2D eigenvalue weighted by atomic mass is 19.1. The third kappa shape index (κ3) is 5.82. The lowest BCUT2D eigenvalue weighted by atomic mass is 9.80. The first-order valence-corrected chi connectivity index (χ1v) is 12.8. The normalized spacial score (nSPS) is 18.5. The average molecular weight is 441 g/mol. The van der Waals surface area contributed by atoms with E-state index in [1.165, 1.54) is 72.0 Å². The van der Waals surface area contributed by atoms with E-state index in [2.05, 4.69) is 56.4 Å². The topological polar surface area (TPSA) is 0 Å². The Kier molecular flexibility index (Phi) is 8.15. The number of unbranched alkanes of at least 4 members (excludes halogenated alkanes) is 4. The van der Waals surface area contributed by atoms with Gasteiger partial charge in [0.05, 0.1) is 0 Å². The summed E-state index contributed by atoms with van der Waals surface area (Å²) in [5.74, 6) is -0.172. The van der Waals surface area contributed by atoms with E-state index >= 15 is 0 Å². The Morgan fingerprint density at radius 1 is 0.879 bits per heavy atom. The van der Waals surface area contributed by atoms with Crippen LogP contribution in [0.5, 0.6) is 0 Å². The van der Waals surface area contributed by atoms with E-state index < -0.39 is 0 Å². The Labute approximate surface area is 199 Å². The van der Waals surface area contributed by atoms with Gasteiger partial charge in [-0.05, 0) is 91.0 Å². The highest BCUT2D eigenvalue weighted by Crippen LogP contribution is 2.42. The summed E-state index contributed by atoms with van der Waals surface area (Å²) < 4.78 is 13.5. The highest BCUT2D eigenvalue weighted by molar-refractivity contribution is 5.76. The molecular formula is C32H37F. The smallest absolute Gasteiger partial charge is 0.123 e. The second-order valence-corrected chi connectivity index (χ2v) is 9.48. The number of halogens is 1. The molecule has 0 saturated heterocycles. The van der Waals surface area contributed by atoms with Gasteiger partial charge in [-0.3, -0.25) is 0 Å². The van der Waals surface area contributed by atoms with Gasteiger partial charge in [-0.2, -0.15) is 0 Å². The maximum atomic E-state index is 13.5. The van der Waals surface area contributed by atoms with Crippen molar-refractivity contribution in [2.75, 3.05) is 0 Å². The van der Waals surface area contributed by atoms with Crippen LogP contribution < -0.4 is 0 Å². The maximum Gasteiger partial charge on any atom is 0.123 e. The lowest BCUT2D eigenvalue weighted by Crippen LogP contribution is -2.05. The molecule has 0 spiro atoms. The number of hydrogen-bond donors (Lipinski definition) is 0. The fourth-order valence-corrected chi connectivity index (χ4v) is 5.24. The van der Waals surface area contributed by atoms with Crippen molar-refractivity contribution < 1.29 is 4.39 Å². The molecule has 172 valence electrons. The fourth-order valence-electron chi connectivity index (χ4n) is 5.24. The quantitative estimate of drug-likeness (QED) is 0.353. The van der Waals surface area contributed by atoms with Gasteiger partial charge in [0.25, 0.3) is 0 Å². The highest BCUT2D eigenvalue weighted by Gasteiger charge is 2.23. The van der Waals surface area contributed by atoms with Crippen molar-refractivity contribution in [3.63, 3.8) is 0 Å². The second kappa shape index (κ2) is 11.5. The van der Waals surface area contributed by atoms with Gasteiger partial charge in [-0.1, -0.05) is 98.4 Å². The van der Waals surface area contributed by atoms with Crippen LogP contribution in [0.2, 0.25) is 0 Å². The molecule has 0 radical (unpaired) electrons. The molecular weight excluding hydrogens is 403 g/mol. The van der Waals surface area contributed by atoms with E-state index in [-0.39, 0.29) is 5.82 Å². The Balaban J connectivity index is 1.70. The van der Waals surface area contributed by atoms with E-state index in [4.69, 9.17) is 0 Å². The zero-order valence-corrected chi connectivity index (χ0v) is 20.3. The summed E-state index contributed by atoms with van der Waals surface area (Å²) >= 11 is 0.